The van der Waals surface area contributed by atoms with Gasteiger partial charge in [0.2, 0.25) is 5.88 Å². The van der Waals surface area contributed by atoms with Crippen LogP contribution in [0.5, 0.6) is 5.88 Å². The summed E-state index contributed by atoms with van der Waals surface area (Å²) in [6, 6.07) is 1.90. The van der Waals surface area contributed by atoms with Gasteiger partial charge in [-0.1, -0.05) is 0 Å². The highest BCUT2D eigenvalue weighted by atomic mass is 127. The van der Waals surface area contributed by atoms with Crippen LogP contribution in [-0.4, -0.2) is 23.3 Å². The third-order valence-corrected chi connectivity index (χ3v) is 2.26. The quantitative estimate of drug-likeness (QED) is 0.851. The summed E-state index contributed by atoms with van der Waals surface area (Å²) in [7, 11) is 0. The molecule has 0 aliphatic rings. The maximum atomic E-state index is 8.50. The summed E-state index contributed by atoms with van der Waals surface area (Å²) in [4.78, 5) is 4.03. The zero-order valence-electron chi connectivity index (χ0n) is 6.13. The topological polar surface area (TPSA) is 42.4 Å². The Morgan fingerprint density at radius 1 is 1.67 bits per heavy atom. The molecular formula is C7H7BrINO2. The van der Waals surface area contributed by atoms with Gasteiger partial charge in [0.05, 0.1) is 11.1 Å². The molecule has 1 N–H and O–H groups in total. The van der Waals surface area contributed by atoms with E-state index in [0.29, 0.717) is 5.88 Å². The molecule has 0 aliphatic heterocycles. The Morgan fingerprint density at radius 3 is 3.00 bits per heavy atom. The van der Waals surface area contributed by atoms with Crippen molar-refractivity contribution in [2.45, 2.75) is 0 Å². The lowest BCUT2D eigenvalue weighted by Gasteiger charge is -2.04. The van der Waals surface area contributed by atoms with Gasteiger partial charge < -0.3 is 9.84 Å². The molecule has 0 saturated heterocycles. The van der Waals surface area contributed by atoms with Gasteiger partial charge in [0.1, 0.15) is 6.61 Å². The Kier molecular flexibility index (Phi) is 4.24. The first-order chi connectivity index (χ1) is 5.74. The van der Waals surface area contributed by atoms with E-state index in [9.17, 15) is 0 Å². The van der Waals surface area contributed by atoms with Crippen LogP contribution in [0.25, 0.3) is 0 Å². The van der Waals surface area contributed by atoms with E-state index in [1.54, 1.807) is 6.20 Å². The molecule has 0 amide bonds. The second kappa shape index (κ2) is 4.98. The molecule has 1 heterocycles. The summed E-state index contributed by atoms with van der Waals surface area (Å²) in [5.41, 5.74) is 0. The number of pyridine rings is 1. The third kappa shape index (κ3) is 2.87. The normalized spacial score (nSPS) is 9.92. The van der Waals surface area contributed by atoms with Crippen LogP contribution < -0.4 is 4.74 Å². The Hall–Kier alpha value is 0.120. The Labute approximate surface area is 92.4 Å². The molecule has 1 aromatic heterocycles. The number of aromatic nitrogens is 1. The van der Waals surface area contributed by atoms with Crippen LogP contribution in [-0.2, 0) is 0 Å². The monoisotopic (exact) mass is 343 g/mol. The number of rotatable bonds is 3. The first-order valence-corrected chi connectivity index (χ1v) is 5.16. The smallest absolute Gasteiger partial charge is 0.228 e. The van der Waals surface area contributed by atoms with Crippen LogP contribution in [0.1, 0.15) is 0 Å². The number of aliphatic hydroxyl groups is 1. The van der Waals surface area contributed by atoms with Crippen molar-refractivity contribution in [3.05, 3.63) is 20.3 Å². The summed E-state index contributed by atoms with van der Waals surface area (Å²) in [5, 5.41) is 8.50. The van der Waals surface area contributed by atoms with Gasteiger partial charge in [0.15, 0.2) is 0 Å². The van der Waals surface area contributed by atoms with E-state index in [4.69, 9.17) is 9.84 Å². The lowest BCUT2D eigenvalue weighted by atomic mass is 10.5. The third-order valence-electron chi connectivity index (χ3n) is 1.10. The van der Waals surface area contributed by atoms with E-state index < -0.39 is 0 Å². The average Bonchev–Trinajstić information content (AvgIpc) is 2.03. The molecule has 0 fully saturated rings. The molecule has 5 heteroatoms. The second-order valence-corrected chi connectivity index (χ2v) is 4.11. The van der Waals surface area contributed by atoms with Crippen molar-refractivity contribution < 1.29 is 9.84 Å². The highest BCUT2D eigenvalue weighted by molar-refractivity contribution is 14.1. The standard InChI is InChI=1S/C7H7BrINO2/c8-6-3-5(9)4-10-7(6)12-2-1-11/h3-4,11H,1-2H2. The second-order valence-electron chi connectivity index (χ2n) is 2.01. The zero-order chi connectivity index (χ0) is 8.97. The molecule has 1 rings (SSSR count). The van der Waals surface area contributed by atoms with Crippen molar-refractivity contribution in [2.75, 3.05) is 13.2 Å². The molecule has 0 saturated carbocycles. The molecule has 0 radical (unpaired) electrons. The number of hydrogen-bond acceptors (Lipinski definition) is 3. The van der Waals surface area contributed by atoms with Crippen LogP contribution in [0.2, 0.25) is 0 Å². The number of hydrogen-bond donors (Lipinski definition) is 1. The SMILES string of the molecule is OCCOc1ncc(I)cc1Br. The maximum absolute atomic E-state index is 8.50. The highest BCUT2D eigenvalue weighted by Gasteiger charge is 2.01. The van der Waals surface area contributed by atoms with Crippen molar-refractivity contribution >= 4 is 38.5 Å². The van der Waals surface area contributed by atoms with Crippen LogP contribution in [0.15, 0.2) is 16.7 Å². The number of ether oxygens (including phenoxy) is 1. The molecule has 1 aromatic rings. The van der Waals surface area contributed by atoms with E-state index in [-0.39, 0.29) is 13.2 Å². The van der Waals surface area contributed by atoms with Crippen LogP contribution in [0, 0.1) is 3.57 Å². The fourth-order valence-corrected chi connectivity index (χ4v) is 1.99. The minimum absolute atomic E-state index is 0.000106. The van der Waals surface area contributed by atoms with Gasteiger partial charge in [-0.25, -0.2) is 4.98 Å². The summed E-state index contributed by atoms with van der Waals surface area (Å²) in [6.45, 7) is 0.270. The molecule has 3 nitrogen and oxygen atoms in total. The van der Waals surface area contributed by atoms with E-state index >= 15 is 0 Å². The molecule has 0 unspecified atom stereocenters. The number of aliphatic hydroxyl groups excluding tert-OH is 1. The highest BCUT2D eigenvalue weighted by Crippen LogP contribution is 2.23. The average molecular weight is 344 g/mol. The molecule has 0 aromatic carbocycles. The van der Waals surface area contributed by atoms with Crippen molar-refractivity contribution in [2.24, 2.45) is 0 Å². The molecular weight excluding hydrogens is 337 g/mol. The summed E-state index contributed by atoms with van der Waals surface area (Å²) in [6.07, 6.45) is 1.71. The first kappa shape index (κ1) is 10.2. The van der Waals surface area contributed by atoms with E-state index in [0.717, 1.165) is 8.04 Å². The van der Waals surface area contributed by atoms with E-state index in [1.165, 1.54) is 0 Å². The predicted molar refractivity (Wildman–Crippen MR) is 57.2 cm³/mol. The Balaban J connectivity index is 2.72. The van der Waals surface area contributed by atoms with Gasteiger partial charge in [-0.05, 0) is 44.6 Å². The summed E-state index contributed by atoms with van der Waals surface area (Å²) in [5.74, 6) is 0.518. The van der Waals surface area contributed by atoms with Gasteiger partial charge >= 0.3 is 0 Å². The van der Waals surface area contributed by atoms with Gasteiger partial charge in [-0.3, -0.25) is 0 Å². The Morgan fingerprint density at radius 2 is 2.42 bits per heavy atom. The molecule has 0 atom stereocenters. The van der Waals surface area contributed by atoms with Crippen LogP contribution >= 0.6 is 38.5 Å². The maximum Gasteiger partial charge on any atom is 0.228 e. The fraction of sp³-hybridized carbons (Fsp3) is 0.286. The zero-order valence-corrected chi connectivity index (χ0v) is 9.87. The lowest BCUT2D eigenvalue weighted by molar-refractivity contribution is 0.196. The largest absolute Gasteiger partial charge is 0.474 e. The van der Waals surface area contributed by atoms with Crippen LogP contribution in [0.4, 0.5) is 0 Å². The van der Waals surface area contributed by atoms with Crippen molar-refractivity contribution in [1.82, 2.24) is 4.98 Å². The van der Waals surface area contributed by atoms with Gasteiger partial charge in [-0.2, -0.15) is 0 Å². The number of halogens is 2. The Bertz CT molecular complexity index is 270. The van der Waals surface area contributed by atoms with E-state index in [2.05, 4.69) is 43.5 Å². The molecule has 0 spiro atoms. The number of nitrogens with zero attached hydrogens (tertiary/aromatic N) is 1. The fourth-order valence-electron chi connectivity index (χ4n) is 0.651. The molecule has 12 heavy (non-hydrogen) atoms. The van der Waals surface area contributed by atoms with Gasteiger partial charge in [-0.15, -0.1) is 0 Å². The molecule has 0 aliphatic carbocycles. The molecule has 66 valence electrons. The van der Waals surface area contributed by atoms with Gasteiger partial charge in [0.25, 0.3) is 0 Å². The lowest BCUT2D eigenvalue weighted by Crippen LogP contribution is -2.03. The van der Waals surface area contributed by atoms with E-state index in [1.807, 2.05) is 6.07 Å². The van der Waals surface area contributed by atoms with Gasteiger partial charge in [0, 0.05) is 9.77 Å². The minimum atomic E-state index is 0.000106. The van der Waals surface area contributed by atoms with Crippen molar-refractivity contribution in [3.63, 3.8) is 0 Å². The molecule has 0 bridgehead atoms. The van der Waals surface area contributed by atoms with Crippen molar-refractivity contribution in [3.8, 4) is 5.88 Å². The summed E-state index contributed by atoms with van der Waals surface area (Å²) < 4.78 is 6.98. The van der Waals surface area contributed by atoms with Crippen molar-refractivity contribution in [1.29, 1.82) is 0 Å². The predicted octanol–water partition coefficient (Wildman–Crippen LogP) is 1.82. The summed E-state index contributed by atoms with van der Waals surface area (Å²) >= 11 is 5.47. The van der Waals surface area contributed by atoms with Crippen LogP contribution in [0.3, 0.4) is 0 Å². The first-order valence-electron chi connectivity index (χ1n) is 3.28. The minimum Gasteiger partial charge on any atom is -0.474 e.